The van der Waals surface area contributed by atoms with Crippen LogP contribution in [0.1, 0.15) is 38.2 Å². The molecule has 2 aromatic rings. The van der Waals surface area contributed by atoms with E-state index in [0.29, 0.717) is 20.6 Å². The van der Waals surface area contributed by atoms with Crippen LogP contribution in [0, 0.1) is 0 Å². The van der Waals surface area contributed by atoms with Crippen molar-refractivity contribution in [1.29, 1.82) is 0 Å². The fourth-order valence-electron chi connectivity index (χ4n) is 1.94. The molecular formula is C15H17BrClN3O4S. The molecule has 2 aromatic heterocycles. The van der Waals surface area contributed by atoms with Crippen molar-refractivity contribution >= 4 is 62.3 Å². The Hall–Kier alpha value is -1.32. The molecule has 2 heterocycles. The molecule has 2 rings (SSSR count). The number of carbonyl (C=O) groups is 2. The van der Waals surface area contributed by atoms with Gasteiger partial charge in [0.2, 0.25) is 11.1 Å². The second-order valence-corrected chi connectivity index (χ2v) is 8.08. The summed E-state index contributed by atoms with van der Waals surface area (Å²) in [7, 11) is 0. The Morgan fingerprint density at radius 2 is 2.00 bits per heavy atom. The zero-order valence-corrected chi connectivity index (χ0v) is 17.4. The van der Waals surface area contributed by atoms with Crippen LogP contribution in [-0.4, -0.2) is 39.7 Å². The highest BCUT2D eigenvalue weighted by molar-refractivity contribution is 9.10. The molecule has 0 bridgehead atoms. The van der Waals surface area contributed by atoms with Crippen LogP contribution in [0.4, 0.5) is 4.79 Å². The van der Waals surface area contributed by atoms with Crippen LogP contribution < -0.4 is 5.32 Å². The van der Waals surface area contributed by atoms with E-state index in [1.165, 1.54) is 11.8 Å². The summed E-state index contributed by atoms with van der Waals surface area (Å²) >= 11 is 10.5. The number of nitrogens with zero attached hydrogens (tertiary/aromatic N) is 2. The standard InChI is InChI=1S/C15H17BrClN3O4S/c1-6(18-14(22)24-15(2,3)4)9(21)10-7(16)8-11(23-10)12(25-5)20-13(17)19-8/h6H,1-5H3,(H,18,22)/t6-/m0/s1. The number of hydrogen-bond donors (Lipinski definition) is 1. The molecule has 25 heavy (non-hydrogen) atoms. The first kappa shape index (κ1) is 20.0. The predicted molar refractivity (Wildman–Crippen MR) is 99.5 cm³/mol. The average molecular weight is 451 g/mol. The Bertz CT molecular complexity index is 834. The molecule has 0 aliphatic rings. The number of aromatic nitrogens is 2. The quantitative estimate of drug-likeness (QED) is 0.318. The van der Waals surface area contributed by atoms with E-state index in [4.69, 9.17) is 20.8 Å². The summed E-state index contributed by atoms with van der Waals surface area (Å²) in [4.78, 5) is 32.6. The summed E-state index contributed by atoms with van der Waals surface area (Å²) in [6.45, 7) is 6.75. The van der Waals surface area contributed by atoms with Crippen molar-refractivity contribution in [2.45, 2.75) is 44.4 Å². The lowest BCUT2D eigenvalue weighted by Gasteiger charge is -2.21. The van der Waals surface area contributed by atoms with Gasteiger partial charge in [-0.3, -0.25) is 4.79 Å². The molecule has 1 N–H and O–H groups in total. The monoisotopic (exact) mass is 449 g/mol. The molecule has 10 heteroatoms. The third-order valence-electron chi connectivity index (χ3n) is 2.96. The zero-order chi connectivity index (χ0) is 18.9. The van der Waals surface area contributed by atoms with E-state index in [1.807, 2.05) is 6.26 Å². The number of nitrogens with one attached hydrogen (secondary N) is 1. The van der Waals surface area contributed by atoms with Crippen LogP contribution >= 0.6 is 39.3 Å². The van der Waals surface area contributed by atoms with Gasteiger partial charge in [-0.25, -0.2) is 14.8 Å². The number of thioether (sulfide) groups is 1. The van der Waals surface area contributed by atoms with Crippen LogP contribution in [0.5, 0.6) is 0 Å². The number of alkyl carbamates (subject to hydrolysis) is 1. The van der Waals surface area contributed by atoms with Gasteiger partial charge in [0.25, 0.3) is 0 Å². The van der Waals surface area contributed by atoms with Crippen LogP contribution in [0.15, 0.2) is 13.9 Å². The molecule has 0 saturated heterocycles. The Morgan fingerprint density at radius 3 is 2.56 bits per heavy atom. The van der Waals surface area contributed by atoms with Crippen molar-refractivity contribution in [2.24, 2.45) is 0 Å². The van der Waals surface area contributed by atoms with E-state index < -0.39 is 23.5 Å². The van der Waals surface area contributed by atoms with Gasteiger partial charge in [0, 0.05) is 0 Å². The van der Waals surface area contributed by atoms with Gasteiger partial charge < -0.3 is 14.5 Å². The van der Waals surface area contributed by atoms with Gasteiger partial charge in [0.15, 0.2) is 11.3 Å². The van der Waals surface area contributed by atoms with Crippen molar-refractivity contribution in [3.8, 4) is 0 Å². The molecule has 0 aromatic carbocycles. The largest absolute Gasteiger partial charge is 0.447 e. The van der Waals surface area contributed by atoms with E-state index in [9.17, 15) is 9.59 Å². The molecular weight excluding hydrogens is 434 g/mol. The number of fused-ring (bicyclic) bond motifs is 1. The van der Waals surface area contributed by atoms with Crippen molar-refractivity contribution in [3.05, 3.63) is 15.5 Å². The molecule has 0 aliphatic heterocycles. The van der Waals surface area contributed by atoms with Crippen molar-refractivity contribution in [2.75, 3.05) is 6.26 Å². The highest BCUT2D eigenvalue weighted by atomic mass is 79.9. The number of ketones is 1. The smallest absolute Gasteiger partial charge is 0.408 e. The van der Waals surface area contributed by atoms with Gasteiger partial charge in [0.05, 0.1) is 10.5 Å². The maximum Gasteiger partial charge on any atom is 0.408 e. The summed E-state index contributed by atoms with van der Waals surface area (Å²) in [6, 6.07) is -0.854. The Labute approximate surface area is 162 Å². The summed E-state index contributed by atoms with van der Waals surface area (Å²) in [5.74, 6) is -0.399. The van der Waals surface area contributed by atoms with Gasteiger partial charge in [0.1, 0.15) is 16.1 Å². The molecule has 0 radical (unpaired) electrons. The third kappa shape index (κ3) is 4.65. The normalized spacial score (nSPS) is 12.9. The maximum atomic E-state index is 12.6. The Kier molecular flexibility index (Phi) is 6.01. The number of amides is 1. The SMILES string of the molecule is CSc1nc(Cl)nc2c(Br)c(C(=O)[C@H](C)NC(=O)OC(C)(C)C)oc12. The van der Waals surface area contributed by atoms with Crippen molar-refractivity contribution < 1.29 is 18.7 Å². The molecule has 0 aliphatic carbocycles. The molecule has 0 unspecified atom stereocenters. The summed E-state index contributed by atoms with van der Waals surface area (Å²) in [6.07, 6.45) is 1.12. The predicted octanol–water partition coefficient (Wildman–Crippen LogP) is 4.46. The minimum atomic E-state index is -0.854. The highest BCUT2D eigenvalue weighted by Crippen LogP contribution is 2.35. The number of rotatable bonds is 4. The van der Waals surface area contributed by atoms with Gasteiger partial charge in [-0.2, -0.15) is 0 Å². The fraction of sp³-hybridized carbons (Fsp3) is 0.467. The fourth-order valence-corrected chi connectivity index (χ4v) is 3.21. The van der Waals surface area contributed by atoms with Crippen LogP contribution in [0.2, 0.25) is 5.28 Å². The van der Waals surface area contributed by atoms with E-state index in [2.05, 4.69) is 31.2 Å². The molecule has 0 saturated carbocycles. The summed E-state index contributed by atoms with van der Waals surface area (Å²) in [5, 5.41) is 3.06. The Morgan fingerprint density at radius 1 is 1.36 bits per heavy atom. The van der Waals surface area contributed by atoms with Gasteiger partial charge >= 0.3 is 6.09 Å². The number of ether oxygens (including phenoxy) is 1. The first-order valence-electron chi connectivity index (χ1n) is 7.26. The van der Waals surface area contributed by atoms with Crippen LogP contribution in [0.3, 0.4) is 0 Å². The highest BCUT2D eigenvalue weighted by Gasteiger charge is 2.28. The second kappa shape index (κ2) is 7.51. The molecule has 136 valence electrons. The lowest BCUT2D eigenvalue weighted by molar-refractivity contribution is 0.0495. The number of furan rings is 1. The van der Waals surface area contributed by atoms with Gasteiger partial charge in [-0.15, -0.1) is 11.8 Å². The lowest BCUT2D eigenvalue weighted by atomic mass is 10.1. The molecule has 7 nitrogen and oxygen atoms in total. The number of hydrogen-bond acceptors (Lipinski definition) is 7. The minimum absolute atomic E-state index is 0.0328. The zero-order valence-electron chi connectivity index (χ0n) is 14.3. The first-order chi connectivity index (χ1) is 11.5. The van der Waals surface area contributed by atoms with Crippen LogP contribution in [0.25, 0.3) is 11.1 Å². The van der Waals surface area contributed by atoms with Crippen molar-refractivity contribution in [1.82, 2.24) is 15.3 Å². The van der Waals surface area contributed by atoms with Crippen LogP contribution in [-0.2, 0) is 4.74 Å². The van der Waals surface area contributed by atoms with Crippen molar-refractivity contribution in [3.63, 3.8) is 0 Å². The number of halogens is 2. The number of carbonyl (C=O) groups excluding carboxylic acids is 2. The maximum absolute atomic E-state index is 12.6. The molecule has 1 atom stereocenters. The van der Waals surface area contributed by atoms with E-state index >= 15 is 0 Å². The molecule has 1 amide bonds. The summed E-state index contributed by atoms with van der Waals surface area (Å²) in [5.41, 5.74) is 0.0978. The van der Waals surface area contributed by atoms with Gasteiger partial charge in [-0.05, 0) is 61.5 Å². The minimum Gasteiger partial charge on any atom is -0.447 e. The van der Waals surface area contributed by atoms with Gasteiger partial charge in [-0.1, -0.05) is 0 Å². The molecule has 0 fully saturated rings. The first-order valence-corrected chi connectivity index (χ1v) is 9.66. The second-order valence-electron chi connectivity index (χ2n) is 6.16. The van der Waals surface area contributed by atoms with E-state index in [1.54, 1.807) is 27.7 Å². The topological polar surface area (TPSA) is 94.3 Å². The Balaban J connectivity index is 2.30. The summed E-state index contributed by atoms with van der Waals surface area (Å²) < 4.78 is 11.2. The average Bonchev–Trinajstić information content (AvgIpc) is 2.81. The molecule has 0 spiro atoms. The van der Waals surface area contributed by atoms with E-state index in [-0.39, 0.29) is 11.0 Å². The third-order valence-corrected chi connectivity index (χ3v) is 4.53. The van der Waals surface area contributed by atoms with E-state index in [0.717, 1.165) is 0 Å². The lowest BCUT2D eigenvalue weighted by Crippen LogP contribution is -2.41. The number of Topliss-reactive ketones (excluding diaryl/α,β-unsaturated/α-hetero) is 1.